The molecule has 15 heavy (non-hydrogen) atoms. The zero-order valence-corrected chi connectivity index (χ0v) is 9.54. The minimum absolute atomic E-state index is 0.0573. The highest BCUT2D eigenvalue weighted by atomic mass is 16.7. The van der Waals surface area contributed by atoms with Crippen molar-refractivity contribution < 1.29 is 19.0 Å². The number of rotatable bonds is 4. The van der Waals surface area contributed by atoms with Crippen LogP contribution in [0.4, 0.5) is 0 Å². The lowest BCUT2D eigenvalue weighted by Gasteiger charge is -2.35. The molecule has 3 unspecified atom stereocenters. The zero-order valence-electron chi connectivity index (χ0n) is 9.54. The van der Waals surface area contributed by atoms with E-state index in [0.717, 1.165) is 12.8 Å². The van der Waals surface area contributed by atoms with Gasteiger partial charge in [-0.1, -0.05) is 6.92 Å². The third kappa shape index (κ3) is 1.18. The Labute approximate surface area is 89.9 Å². The van der Waals surface area contributed by atoms with Gasteiger partial charge in [0.05, 0.1) is 12.7 Å². The van der Waals surface area contributed by atoms with Gasteiger partial charge < -0.3 is 14.2 Å². The summed E-state index contributed by atoms with van der Waals surface area (Å²) in [5.41, 5.74) is -1.09. The lowest BCUT2D eigenvalue weighted by molar-refractivity contribution is -0.150. The Hall–Kier alpha value is -0.610. The summed E-state index contributed by atoms with van der Waals surface area (Å²) in [4.78, 5) is 11.8. The summed E-state index contributed by atoms with van der Waals surface area (Å²) in [7, 11) is 1.67. The highest BCUT2D eigenvalue weighted by molar-refractivity contribution is 5.85. The molecule has 1 heterocycles. The van der Waals surface area contributed by atoms with E-state index < -0.39 is 5.60 Å². The molecule has 4 heteroatoms. The minimum Gasteiger partial charge on any atom is -0.464 e. The highest BCUT2D eigenvalue weighted by Gasteiger charge is 2.81. The van der Waals surface area contributed by atoms with E-state index in [2.05, 4.69) is 0 Å². The van der Waals surface area contributed by atoms with Gasteiger partial charge in [0.25, 0.3) is 0 Å². The molecule has 0 aromatic carbocycles. The summed E-state index contributed by atoms with van der Waals surface area (Å²) >= 11 is 0. The van der Waals surface area contributed by atoms with Crippen LogP contribution in [0.2, 0.25) is 0 Å². The maximum absolute atomic E-state index is 11.8. The van der Waals surface area contributed by atoms with Gasteiger partial charge in [-0.2, -0.15) is 0 Å². The van der Waals surface area contributed by atoms with Gasteiger partial charge in [0.15, 0.2) is 5.60 Å². The van der Waals surface area contributed by atoms with Gasteiger partial charge in [-0.05, 0) is 26.2 Å². The van der Waals surface area contributed by atoms with Crippen molar-refractivity contribution in [3.8, 4) is 0 Å². The van der Waals surface area contributed by atoms with Crippen molar-refractivity contribution in [3.05, 3.63) is 0 Å². The first-order valence-electron chi connectivity index (χ1n) is 5.57. The SMILES string of the molecule is CCOC(=O)C1(CC)OC12CCC2OC. The number of carbonyl (C=O) groups is 1. The monoisotopic (exact) mass is 214 g/mol. The van der Waals surface area contributed by atoms with Gasteiger partial charge in [0.1, 0.15) is 5.60 Å². The molecule has 0 amide bonds. The number of esters is 1. The van der Waals surface area contributed by atoms with Crippen LogP contribution in [-0.2, 0) is 19.0 Å². The Bertz CT molecular complexity index is 276. The van der Waals surface area contributed by atoms with Crippen LogP contribution in [0.15, 0.2) is 0 Å². The molecule has 1 saturated heterocycles. The van der Waals surface area contributed by atoms with E-state index >= 15 is 0 Å². The Morgan fingerprint density at radius 3 is 2.67 bits per heavy atom. The van der Waals surface area contributed by atoms with Crippen molar-refractivity contribution in [3.63, 3.8) is 0 Å². The van der Waals surface area contributed by atoms with Crippen LogP contribution in [0.5, 0.6) is 0 Å². The van der Waals surface area contributed by atoms with Crippen LogP contribution in [0, 0.1) is 0 Å². The number of carbonyl (C=O) groups excluding carboxylic acids is 1. The Kier molecular flexibility index (Phi) is 2.51. The third-order valence-electron chi connectivity index (χ3n) is 3.68. The van der Waals surface area contributed by atoms with E-state index in [1.165, 1.54) is 0 Å². The lowest BCUT2D eigenvalue weighted by atomic mass is 9.72. The number of methoxy groups -OCH3 is 1. The van der Waals surface area contributed by atoms with Crippen molar-refractivity contribution >= 4 is 5.97 Å². The van der Waals surface area contributed by atoms with E-state index in [4.69, 9.17) is 14.2 Å². The third-order valence-corrected chi connectivity index (χ3v) is 3.68. The summed E-state index contributed by atoms with van der Waals surface area (Å²) in [5, 5.41) is 0. The van der Waals surface area contributed by atoms with E-state index in [1.807, 2.05) is 13.8 Å². The zero-order chi connectivity index (χ0) is 11.1. The Morgan fingerprint density at radius 1 is 1.53 bits per heavy atom. The second-order valence-corrected chi connectivity index (χ2v) is 4.16. The minimum atomic E-state index is -0.720. The van der Waals surface area contributed by atoms with Crippen LogP contribution >= 0.6 is 0 Å². The number of hydrogen-bond donors (Lipinski definition) is 0. The molecular weight excluding hydrogens is 196 g/mol. The van der Waals surface area contributed by atoms with Crippen LogP contribution in [-0.4, -0.2) is 37.0 Å². The Balaban J connectivity index is 2.11. The van der Waals surface area contributed by atoms with Crippen molar-refractivity contribution in [2.75, 3.05) is 13.7 Å². The van der Waals surface area contributed by atoms with Crippen LogP contribution < -0.4 is 0 Å². The van der Waals surface area contributed by atoms with Crippen LogP contribution in [0.25, 0.3) is 0 Å². The van der Waals surface area contributed by atoms with Crippen LogP contribution in [0.1, 0.15) is 33.1 Å². The molecule has 1 saturated carbocycles. The second kappa shape index (κ2) is 3.46. The average Bonchev–Trinajstić information content (AvgIpc) is 2.90. The van der Waals surface area contributed by atoms with E-state index in [-0.39, 0.29) is 17.7 Å². The molecule has 0 bridgehead atoms. The predicted octanol–water partition coefficient (Wildman–Crippen LogP) is 1.28. The normalized spacial score (nSPS) is 42.5. The second-order valence-electron chi connectivity index (χ2n) is 4.16. The van der Waals surface area contributed by atoms with Gasteiger partial charge in [-0.15, -0.1) is 0 Å². The number of epoxide rings is 1. The molecule has 1 aliphatic heterocycles. The van der Waals surface area contributed by atoms with Gasteiger partial charge >= 0.3 is 5.97 Å². The fraction of sp³-hybridized carbons (Fsp3) is 0.909. The molecule has 0 radical (unpaired) electrons. The topological polar surface area (TPSA) is 48.1 Å². The fourth-order valence-corrected chi connectivity index (χ4v) is 2.67. The molecule has 3 atom stereocenters. The molecule has 0 aromatic heterocycles. The smallest absolute Gasteiger partial charge is 0.341 e. The van der Waals surface area contributed by atoms with Crippen molar-refractivity contribution in [1.29, 1.82) is 0 Å². The summed E-state index contributed by atoms with van der Waals surface area (Å²) in [5.74, 6) is -0.228. The first-order valence-corrected chi connectivity index (χ1v) is 5.57. The number of hydrogen-bond acceptors (Lipinski definition) is 4. The highest BCUT2D eigenvalue weighted by Crippen LogP contribution is 2.63. The first kappa shape index (κ1) is 10.9. The molecule has 2 aliphatic rings. The average molecular weight is 214 g/mol. The van der Waals surface area contributed by atoms with E-state index in [0.29, 0.717) is 13.0 Å². The van der Waals surface area contributed by atoms with Crippen molar-refractivity contribution in [2.24, 2.45) is 0 Å². The molecular formula is C11H18O4. The standard InChI is InChI=1S/C11H18O4/c1-4-10(9(12)14-5-2)11(15-10)7-6-8(11)13-3/h8H,4-7H2,1-3H3. The quantitative estimate of drug-likeness (QED) is 0.522. The number of ether oxygens (including phenoxy) is 3. The fourth-order valence-electron chi connectivity index (χ4n) is 2.67. The maximum Gasteiger partial charge on any atom is 0.341 e. The molecule has 2 fully saturated rings. The molecule has 2 rings (SSSR count). The van der Waals surface area contributed by atoms with E-state index in [9.17, 15) is 4.79 Å². The van der Waals surface area contributed by atoms with Gasteiger partial charge in [-0.25, -0.2) is 4.79 Å². The van der Waals surface area contributed by atoms with Gasteiger partial charge in [0.2, 0.25) is 0 Å². The maximum atomic E-state index is 11.8. The molecule has 1 spiro atoms. The molecule has 86 valence electrons. The molecule has 4 nitrogen and oxygen atoms in total. The van der Waals surface area contributed by atoms with E-state index in [1.54, 1.807) is 7.11 Å². The lowest BCUT2D eigenvalue weighted by Crippen LogP contribution is -2.50. The molecule has 0 aromatic rings. The van der Waals surface area contributed by atoms with Gasteiger partial charge in [0, 0.05) is 7.11 Å². The van der Waals surface area contributed by atoms with Crippen molar-refractivity contribution in [1.82, 2.24) is 0 Å². The van der Waals surface area contributed by atoms with Crippen LogP contribution in [0.3, 0.4) is 0 Å². The predicted molar refractivity (Wildman–Crippen MR) is 53.5 cm³/mol. The van der Waals surface area contributed by atoms with Gasteiger partial charge in [-0.3, -0.25) is 0 Å². The Morgan fingerprint density at radius 2 is 2.27 bits per heavy atom. The largest absolute Gasteiger partial charge is 0.464 e. The summed E-state index contributed by atoms with van der Waals surface area (Å²) < 4.78 is 16.1. The summed E-state index contributed by atoms with van der Waals surface area (Å²) in [6, 6.07) is 0. The molecule has 1 aliphatic carbocycles. The summed E-state index contributed by atoms with van der Waals surface area (Å²) in [6.45, 7) is 4.17. The summed E-state index contributed by atoms with van der Waals surface area (Å²) in [6.07, 6.45) is 2.59. The van der Waals surface area contributed by atoms with Crippen molar-refractivity contribution in [2.45, 2.75) is 50.4 Å². The first-order chi connectivity index (χ1) is 7.16. The molecule has 0 N–H and O–H groups in total.